The van der Waals surface area contributed by atoms with E-state index in [0.29, 0.717) is 52.5 Å². The third kappa shape index (κ3) is 3.76. The number of carboxylic acid groups (broad SMARTS) is 1. The number of aryl methyl sites for hydroxylation is 1. The van der Waals surface area contributed by atoms with Crippen molar-refractivity contribution in [3.8, 4) is 11.4 Å². The van der Waals surface area contributed by atoms with Crippen molar-refractivity contribution < 1.29 is 23.6 Å². The highest BCUT2D eigenvalue weighted by molar-refractivity contribution is 7.17. The normalized spacial score (nSPS) is 20.4. The van der Waals surface area contributed by atoms with E-state index in [4.69, 9.17) is 9.63 Å². The van der Waals surface area contributed by atoms with Gasteiger partial charge in [0, 0.05) is 24.3 Å². The minimum Gasteiger partial charge on any atom is -0.481 e. The van der Waals surface area contributed by atoms with E-state index in [-0.39, 0.29) is 11.8 Å². The maximum Gasteiger partial charge on any atom is 0.310 e. The zero-order valence-corrected chi connectivity index (χ0v) is 17.2. The number of halogens is 1. The molecule has 1 aromatic carbocycles. The largest absolute Gasteiger partial charge is 0.481 e. The number of anilines is 2. The van der Waals surface area contributed by atoms with E-state index in [1.807, 2.05) is 24.0 Å². The van der Waals surface area contributed by atoms with Crippen molar-refractivity contribution in [3.05, 3.63) is 40.7 Å². The van der Waals surface area contributed by atoms with Crippen LogP contribution in [0.4, 0.5) is 15.2 Å². The van der Waals surface area contributed by atoms with E-state index in [1.54, 1.807) is 6.07 Å². The first-order valence-electron chi connectivity index (χ1n) is 9.72. The van der Waals surface area contributed by atoms with Gasteiger partial charge in [-0.2, -0.15) is 4.98 Å². The molecule has 31 heavy (non-hydrogen) atoms. The van der Waals surface area contributed by atoms with Gasteiger partial charge >= 0.3 is 5.97 Å². The van der Waals surface area contributed by atoms with Crippen LogP contribution in [0.25, 0.3) is 11.4 Å². The molecule has 3 heterocycles. The van der Waals surface area contributed by atoms with Crippen LogP contribution in [-0.2, 0) is 4.79 Å². The summed E-state index contributed by atoms with van der Waals surface area (Å²) in [5.41, 5.74) is 2.09. The summed E-state index contributed by atoms with van der Waals surface area (Å²) < 4.78 is 18.4. The molecule has 3 aromatic rings. The molecule has 2 atom stereocenters. The first-order valence-corrected chi connectivity index (χ1v) is 10.5. The monoisotopic (exact) mass is 443 g/mol. The molecular weight excluding hydrogens is 425 g/mol. The van der Waals surface area contributed by atoms with Gasteiger partial charge in [0.25, 0.3) is 5.91 Å². The van der Waals surface area contributed by atoms with E-state index in [0.717, 1.165) is 5.56 Å². The number of nitrogens with zero attached hydrogens (tertiary/aromatic N) is 4. The minimum absolute atomic E-state index is 0.294. The Morgan fingerprint density at radius 2 is 2.13 bits per heavy atom. The lowest BCUT2D eigenvalue weighted by Gasteiger charge is -2.36. The topological polar surface area (TPSA) is 121 Å². The van der Waals surface area contributed by atoms with Gasteiger partial charge in [0.1, 0.15) is 11.0 Å². The van der Waals surface area contributed by atoms with Gasteiger partial charge in [0.05, 0.1) is 18.0 Å². The number of carbonyl (C=O) groups is 2. The maximum absolute atomic E-state index is 13.2. The quantitative estimate of drug-likeness (QED) is 0.596. The summed E-state index contributed by atoms with van der Waals surface area (Å²) in [6, 6.07) is 5.39. The summed E-state index contributed by atoms with van der Waals surface area (Å²) in [4.78, 5) is 34.4. The molecule has 0 spiro atoms. The second-order valence-electron chi connectivity index (χ2n) is 7.75. The zero-order chi connectivity index (χ0) is 21.7. The minimum atomic E-state index is -0.920. The van der Waals surface area contributed by atoms with Gasteiger partial charge in [-0.05, 0) is 25.0 Å². The highest BCUT2D eigenvalue weighted by Gasteiger charge is 2.43. The molecule has 2 fully saturated rings. The number of thiazole rings is 1. The average Bonchev–Trinajstić information content (AvgIpc) is 3.11. The van der Waals surface area contributed by atoms with Crippen molar-refractivity contribution in [1.29, 1.82) is 0 Å². The molecule has 2 aliphatic rings. The van der Waals surface area contributed by atoms with Crippen LogP contribution in [0.15, 0.2) is 28.9 Å². The fourth-order valence-corrected chi connectivity index (χ4v) is 4.14. The summed E-state index contributed by atoms with van der Waals surface area (Å²) in [5, 5.41) is 16.4. The summed E-state index contributed by atoms with van der Waals surface area (Å²) in [5.74, 6) is -1.21. The number of aliphatic carboxylic acids is 1. The summed E-state index contributed by atoms with van der Waals surface area (Å²) in [7, 11) is 0. The smallest absolute Gasteiger partial charge is 0.310 e. The SMILES string of the molecule is Cc1ccc(-c2noc([C@H]3C[C@@H]3F)n2)cc1NC(=O)c1cnc(N2CC(C(=O)O)C2)s1. The van der Waals surface area contributed by atoms with E-state index >= 15 is 0 Å². The lowest BCUT2D eigenvalue weighted by atomic mass is 10.0. The van der Waals surface area contributed by atoms with Crippen LogP contribution >= 0.6 is 11.3 Å². The fourth-order valence-electron chi connectivity index (χ4n) is 3.31. The van der Waals surface area contributed by atoms with E-state index in [2.05, 4.69) is 20.4 Å². The van der Waals surface area contributed by atoms with E-state index in [9.17, 15) is 14.0 Å². The first-order chi connectivity index (χ1) is 14.9. The number of alkyl halides is 1. The molecule has 1 aliphatic carbocycles. The lowest BCUT2D eigenvalue weighted by Crippen LogP contribution is -2.50. The molecule has 1 aliphatic heterocycles. The molecule has 0 unspecified atom stereocenters. The van der Waals surface area contributed by atoms with Gasteiger partial charge in [0.2, 0.25) is 11.7 Å². The molecule has 160 valence electrons. The molecule has 1 amide bonds. The highest BCUT2D eigenvalue weighted by Crippen LogP contribution is 2.43. The van der Waals surface area contributed by atoms with Crippen LogP contribution in [0, 0.1) is 12.8 Å². The average molecular weight is 443 g/mol. The standard InChI is InChI=1S/C20H18FN5O4S/c1-9-2-3-10(16-24-18(30-25-16)12-5-13(12)21)4-14(9)23-17(27)15-6-22-20(31-15)26-7-11(8-26)19(28)29/h2-4,6,11-13H,5,7-8H2,1H3,(H,23,27)(H,28,29)/t12-,13-/m0/s1. The third-order valence-corrected chi connectivity index (χ3v) is 6.49. The molecule has 0 radical (unpaired) electrons. The Bertz CT molecular complexity index is 1170. The number of hydrogen-bond acceptors (Lipinski definition) is 8. The van der Waals surface area contributed by atoms with Crippen molar-refractivity contribution >= 4 is 34.0 Å². The summed E-state index contributed by atoms with van der Waals surface area (Å²) in [6.45, 7) is 2.65. The van der Waals surface area contributed by atoms with Gasteiger partial charge in [-0.1, -0.05) is 28.6 Å². The lowest BCUT2D eigenvalue weighted by molar-refractivity contribution is -0.142. The van der Waals surface area contributed by atoms with Gasteiger partial charge in [-0.15, -0.1) is 0 Å². The summed E-state index contributed by atoms with van der Waals surface area (Å²) in [6.07, 6.45) is 0.968. The van der Waals surface area contributed by atoms with E-state index in [1.165, 1.54) is 17.5 Å². The van der Waals surface area contributed by atoms with E-state index < -0.39 is 18.1 Å². The molecule has 1 saturated carbocycles. The Balaban J connectivity index is 1.29. The molecule has 2 aromatic heterocycles. The number of carboxylic acids is 1. The number of amides is 1. The number of carbonyl (C=O) groups excluding carboxylic acids is 1. The van der Waals surface area contributed by atoms with Gasteiger partial charge in [-0.25, -0.2) is 9.37 Å². The summed E-state index contributed by atoms with van der Waals surface area (Å²) >= 11 is 1.21. The molecule has 1 saturated heterocycles. The predicted molar refractivity (Wildman–Crippen MR) is 110 cm³/mol. The molecule has 9 nitrogen and oxygen atoms in total. The molecular formula is C20H18FN5O4S. The number of hydrogen-bond donors (Lipinski definition) is 2. The first kappa shape index (κ1) is 19.6. The number of nitrogens with one attached hydrogen (secondary N) is 1. The van der Waals surface area contributed by atoms with Crippen LogP contribution in [0.5, 0.6) is 0 Å². The van der Waals surface area contributed by atoms with Gasteiger partial charge < -0.3 is 19.8 Å². The Kier molecular flexibility index (Phi) is 4.69. The molecule has 11 heteroatoms. The Labute approximate surface area is 179 Å². The molecule has 0 bridgehead atoms. The van der Waals surface area contributed by atoms with Crippen LogP contribution in [0.2, 0.25) is 0 Å². The Hall–Kier alpha value is -3.34. The maximum atomic E-state index is 13.2. The van der Waals surface area contributed by atoms with Crippen LogP contribution < -0.4 is 10.2 Å². The van der Waals surface area contributed by atoms with Crippen LogP contribution in [0.1, 0.15) is 33.5 Å². The van der Waals surface area contributed by atoms with Crippen molar-refractivity contribution in [3.63, 3.8) is 0 Å². The number of aromatic nitrogens is 3. The van der Waals surface area contributed by atoms with Gasteiger partial charge in [0.15, 0.2) is 5.13 Å². The van der Waals surface area contributed by atoms with Gasteiger partial charge in [-0.3, -0.25) is 9.59 Å². The number of benzene rings is 1. The predicted octanol–water partition coefficient (Wildman–Crippen LogP) is 3.10. The van der Waals surface area contributed by atoms with Crippen molar-refractivity contribution in [2.45, 2.75) is 25.4 Å². The molecule has 5 rings (SSSR count). The Morgan fingerprint density at radius 1 is 1.35 bits per heavy atom. The number of rotatable bonds is 6. The highest BCUT2D eigenvalue weighted by atomic mass is 32.1. The third-order valence-electron chi connectivity index (χ3n) is 5.43. The Morgan fingerprint density at radius 3 is 2.84 bits per heavy atom. The van der Waals surface area contributed by atoms with Crippen molar-refractivity contribution in [2.75, 3.05) is 23.3 Å². The van der Waals surface area contributed by atoms with Crippen molar-refractivity contribution in [2.24, 2.45) is 5.92 Å². The second-order valence-corrected chi connectivity index (χ2v) is 8.75. The zero-order valence-electron chi connectivity index (χ0n) is 16.4. The molecule has 2 N–H and O–H groups in total. The van der Waals surface area contributed by atoms with Crippen LogP contribution in [0.3, 0.4) is 0 Å². The van der Waals surface area contributed by atoms with Crippen molar-refractivity contribution in [1.82, 2.24) is 15.1 Å². The second kappa shape index (κ2) is 7.41. The fraction of sp³-hybridized carbons (Fsp3) is 0.350. The van der Waals surface area contributed by atoms with Crippen LogP contribution in [-0.4, -0.2) is 51.4 Å².